The summed E-state index contributed by atoms with van der Waals surface area (Å²) in [4.78, 5) is 12.6. The van der Waals surface area contributed by atoms with Crippen molar-refractivity contribution < 1.29 is 23.7 Å². The van der Waals surface area contributed by atoms with Gasteiger partial charge in [0.2, 0.25) is 5.91 Å². The van der Waals surface area contributed by atoms with Crippen LogP contribution in [0.1, 0.15) is 50.8 Å². The van der Waals surface area contributed by atoms with E-state index in [1.54, 1.807) is 20.3 Å². The summed E-state index contributed by atoms with van der Waals surface area (Å²) in [5.41, 5.74) is 1.76. The molecule has 1 amide bonds. The molecule has 6 heteroatoms. The molecule has 30 heavy (non-hydrogen) atoms. The van der Waals surface area contributed by atoms with E-state index in [4.69, 9.17) is 18.9 Å². The highest BCUT2D eigenvalue weighted by molar-refractivity contribution is 5.80. The Kier molecular flexibility index (Phi) is 9.32. The maximum Gasteiger partial charge on any atom is 0.225 e. The zero-order chi connectivity index (χ0) is 21.9. The van der Waals surface area contributed by atoms with Crippen molar-refractivity contribution in [2.75, 3.05) is 27.4 Å². The standard InChI is InChI=1S/C24H33NO5/c1-6-12-29-21-11-9-18(14-23(21)30-13-7-2)17(3)25-24(26)15-19-8-10-20(27-4)16-22(19)28-5/h8-11,14,16-17H,6-7,12-13,15H2,1-5H3,(H,25,26). The Labute approximate surface area is 179 Å². The predicted octanol–water partition coefficient (Wildman–Crippen LogP) is 4.70. The van der Waals surface area contributed by atoms with Gasteiger partial charge in [-0.2, -0.15) is 0 Å². The molecular formula is C24H33NO5. The van der Waals surface area contributed by atoms with Gasteiger partial charge in [-0.15, -0.1) is 0 Å². The monoisotopic (exact) mass is 415 g/mol. The van der Waals surface area contributed by atoms with Crippen LogP contribution in [0.25, 0.3) is 0 Å². The highest BCUT2D eigenvalue weighted by Crippen LogP contribution is 2.31. The number of ether oxygens (including phenoxy) is 4. The molecule has 6 nitrogen and oxygen atoms in total. The SMILES string of the molecule is CCCOc1ccc(C(C)NC(=O)Cc2ccc(OC)cc2OC)cc1OCCC. The van der Waals surface area contributed by atoms with Gasteiger partial charge in [0.25, 0.3) is 0 Å². The number of amides is 1. The van der Waals surface area contributed by atoms with E-state index in [2.05, 4.69) is 19.2 Å². The number of benzene rings is 2. The average molecular weight is 416 g/mol. The minimum Gasteiger partial charge on any atom is -0.497 e. The van der Waals surface area contributed by atoms with Crippen molar-refractivity contribution in [3.8, 4) is 23.0 Å². The lowest BCUT2D eigenvalue weighted by Crippen LogP contribution is -2.28. The molecule has 2 aromatic carbocycles. The second kappa shape index (κ2) is 12.0. The zero-order valence-corrected chi connectivity index (χ0v) is 18.6. The summed E-state index contributed by atoms with van der Waals surface area (Å²) in [6, 6.07) is 11.1. The first kappa shape index (κ1) is 23.4. The minimum absolute atomic E-state index is 0.0895. The van der Waals surface area contributed by atoms with E-state index >= 15 is 0 Å². The van der Waals surface area contributed by atoms with Crippen molar-refractivity contribution in [3.05, 3.63) is 47.5 Å². The first-order valence-electron chi connectivity index (χ1n) is 10.4. The molecule has 0 heterocycles. The van der Waals surface area contributed by atoms with Crippen LogP contribution in [0.3, 0.4) is 0 Å². The molecule has 1 unspecified atom stereocenters. The molecule has 0 fully saturated rings. The van der Waals surface area contributed by atoms with Crippen LogP contribution in [0.2, 0.25) is 0 Å². The van der Waals surface area contributed by atoms with Gasteiger partial charge in [-0.05, 0) is 43.5 Å². The van der Waals surface area contributed by atoms with E-state index in [9.17, 15) is 4.79 Å². The first-order chi connectivity index (χ1) is 14.5. The van der Waals surface area contributed by atoms with Crippen LogP contribution in [0.5, 0.6) is 23.0 Å². The van der Waals surface area contributed by atoms with Crippen LogP contribution in [-0.2, 0) is 11.2 Å². The number of hydrogen-bond acceptors (Lipinski definition) is 5. The van der Waals surface area contributed by atoms with Crippen LogP contribution >= 0.6 is 0 Å². The summed E-state index contributed by atoms with van der Waals surface area (Å²) in [6.07, 6.45) is 2.05. The van der Waals surface area contributed by atoms with Crippen molar-refractivity contribution in [1.82, 2.24) is 5.32 Å². The van der Waals surface area contributed by atoms with Crippen molar-refractivity contribution in [2.45, 2.75) is 46.1 Å². The van der Waals surface area contributed by atoms with E-state index in [1.807, 2.05) is 37.3 Å². The molecule has 2 rings (SSSR count). The number of nitrogens with one attached hydrogen (secondary N) is 1. The zero-order valence-electron chi connectivity index (χ0n) is 18.6. The third-order valence-electron chi connectivity index (χ3n) is 4.61. The highest BCUT2D eigenvalue weighted by Gasteiger charge is 2.15. The largest absolute Gasteiger partial charge is 0.497 e. The summed E-state index contributed by atoms with van der Waals surface area (Å²) < 4.78 is 22.2. The molecular weight excluding hydrogens is 382 g/mol. The van der Waals surface area contributed by atoms with Gasteiger partial charge in [-0.3, -0.25) is 4.79 Å². The maximum absolute atomic E-state index is 12.6. The molecule has 0 radical (unpaired) electrons. The summed E-state index contributed by atoms with van der Waals surface area (Å²) in [5.74, 6) is 2.67. The molecule has 0 aliphatic heterocycles. The van der Waals surface area contributed by atoms with Crippen LogP contribution in [-0.4, -0.2) is 33.3 Å². The van der Waals surface area contributed by atoms with E-state index in [1.165, 1.54) is 0 Å². The van der Waals surface area contributed by atoms with E-state index < -0.39 is 0 Å². The lowest BCUT2D eigenvalue weighted by atomic mass is 10.1. The Hall–Kier alpha value is -2.89. The quantitative estimate of drug-likeness (QED) is 0.544. The van der Waals surface area contributed by atoms with Gasteiger partial charge in [0, 0.05) is 11.6 Å². The van der Waals surface area contributed by atoms with E-state index in [-0.39, 0.29) is 18.4 Å². The highest BCUT2D eigenvalue weighted by atomic mass is 16.5. The molecule has 0 aliphatic carbocycles. The lowest BCUT2D eigenvalue weighted by Gasteiger charge is -2.18. The number of carbonyl (C=O) groups is 1. The van der Waals surface area contributed by atoms with Crippen LogP contribution < -0.4 is 24.3 Å². The van der Waals surface area contributed by atoms with Crippen LogP contribution in [0.15, 0.2) is 36.4 Å². The molecule has 2 aromatic rings. The molecule has 0 spiro atoms. The second-order valence-corrected chi connectivity index (χ2v) is 7.05. The Morgan fingerprint density at radius 3 is 2.23 bits per heavy atom. The number of hydrogen-bond donors (Lipinski definition) is 1. The number of rotatable bonds is 12. The van der Waals surface area contributed by atoms with Gasteiger partial charge < -0.3 is 24.3 Å². The molecule has 1 atom stereocenters. The van der Waals surface area contributed by atoms with E-state index in [0.717, 1.165) is 29.7 Å². The van der Waals surface area contributed by atoms with E-state index in [0.29, 0.717) is 30.5 Å². The van der Waals surface area contributed by atoms with Gasteiger partial charge in [-0.25, -0.2) is 0 Å². The smallest absolute Gasteiger partial charge is 0.225 e. The van der Waals surface area contributed by atoms with Gasteiger partial charge in [0.1, 0.15) is 11.5 Å². The van der Waals surface area contributed by atoms with Crippen LogP contribution in [0.4, 0.5) is 0 Å². The Morgan fingerprint density at radius 1 is 0.900 bits per heavy atom. The van der Waals surface area contributed by atoms with Gasteiger partial charge in [0.15, 0.2) is 11.5 Å². The fourth-order valence-electron chi connectivity index (χ4n) is 3.00. The van der Waals surface area contributed by atoms with Crippen molar-refractivity contribution in [2.24, 2.45) is 0 Å². The summed E-state index contributed by atoms with van der Waals surface area (Å²) in [7, 11) is 3.18. The van der Waals surface area contributed by atoms with Crippen molar-refractivity contribution in [1.29, 1.82) is 0 Å². The predicted molar refractivity (Wildman–Crippen MR) is 118 cm³/mol. The summed E-state index contributed by atoms with van der Waals surface area (Å²) in [6.45, 7) is 7.33. The van der Waals surface area contributed by atoms with Crippen molar-refractivity contribution in [3.63, 3.8) is 0 Å². The second-order valence-electron chi connectivity index (χ2n) is 7.05. The Bertz CT molecular complexity index is 821. The van der Waals surface area contributed by atoms with Crippen LogP contribution in [0, 0.1) is 0 Å². The lowest BCUT2D eigenvalue weighted by molar-refractivity contribution is -0.121. The summed E-state index contributed by atoms with van der Waals surface area (Å²) >= 11 is 0. The fourth-order valence-corrected chi connectivity index (χ4v) is 3.00. The normalized spacial score (nSPS) is 11.5. The Morgan fingerprint density at radius 2 is 1.60 bits per heavy atom. The maximum atomic E-state index is 12.6. The topological polar surface area (TPSA) is 66.0 Å². The number of carbonyl (C=O) groups excluding carboxylic acids is 1. The summed E-state index contributed by atoms with van der Waals surface area (Å²) in [5, 5.41) is 3.05. The fraction of sp³-hybridized carbons (Fsp3) is 0.458. The molecule has 1 N–H and O–H groups in total. The number of methoxy groups -OCH3 is 2. The molecule has 0 bridgehead atoms. The average Bonchev–Trinajstić information content (AvgIpc) is 2.76. The third kappa shape index (κ3) is 6.58. The first-order valence-corrected chi connectivity index (χ1v) is 10.4. The van der Waals surface area contributed by atoms with Gasteiger partial charge in [0.05, 0.1) is 39.9 Å². The minimum atomic E-state index is -0.175. The molecule has 164 valence electrons. The molecule has 0 aliphatic rings. The molecule has 0 saturated heterocycles. The molecule has 0 aromatic heterocycles. The third-order valence-corrected chi connectivity index (χ3v) is 4.61. The van der Waals surface area contributed by atoms with Crippen molar-refractivity contribution >= 4 is 5.91 Å². The van der Waals surface area contributed by atoms with Gasteiger partial charge in [-0.1, -0.05) is 26.0 Å². The van der Waals surface area contributed by atoms with Gasteiger partial charge >= 0.3 is 0 Å². The molecule has 0 saturated carbocycles. The Balaban J connectivity index is 2.09.